The van der Waals surface area contributed by atoms with Crippen LogP contribution in [0.5, 0.6) is 5.75 Å². The Kier molecular flexibility index (Phi) is 5.69. The molecular formula is C17H21ClN2O3. The van der Waals surface area contributed by atoms with E-state index in [-0.39, 0.29) is 11.9 Å². The Balaban J connectivity index is 2.06. The Morgan fingerprint density at radius 3 is 2.61 bits per heavy atom. The van der Waals surface area contributed by atoms with Crippen LogP contribution in [0.4, 0.5) is 0 Å². The molecule has 1 amide bonds. The van der Waals surface area contributed by atoms with E-state index in [0.717, 1.165) is 11.5 Å². The highest BCUT2D eigenvalue weighted by Gasteiger charge is 2.19. The van der Waals surface area contributed by atoms with E-state index in [1.807, 2.05) is 38.1 Å². The van der Waals surface area contributed by atoms with Gasteiger partial charge in [0, 0.05) is 12.1 Å². The number of ether oxygens (including phenoxy) is 1. The lowest BCUT2D eigenvalue weighted by Crippen LogP contribution is -2.34. The van der Waals surface area contributed by atoms with Crippen molar-refractivity contribution in [3.05, 3.63) is 52.4 Å². The fraction of sp³-hybridized carbons (Fsp3) is 0.353. The van der Waals surface area contributed by atoms with Crippen molar-refractivity contribution in [2.24, 2.45) is 0 Å². The van der Waals surface area contributed by atoms with Gasteiger partial charge in [-0.25, -0.2) is 0 Å². The van der Waals surface area contributed by atoms with Crippen molar-refractivity contribution in [2.75, 3.05) is 27.7 Å². The number of nitrogens with zero attached hydrogens (tertiary/aromatic N) is 1. The molecule has 0 aliphatic heterocycles. The number of carbonyl (C=O) groups excluding carboxylic acids is 1. The molecule has 0 aliphatic carbocycles. The van der Waals surface area contributed by atoms with Crippen LogP contribution in [-0.4, -0.2) is 38.6 Å². The summed E-state index contributed by atoms with van der Waals surface area (Å²) in [5, 5.41) is 3.32. The SMILES string of the molecule is COc1ccc(C(=O)NC[C@@H](c2ccc(C)o2)N(C)C)cc1Cl. The summed E-state index contributed by atoms with van der Waals surface area (Å²) in [5.41, 5.74) is 0.490. The zero-order valence-electron chi connectivity index (χ0n) is 13.7. The van der Waals surface area contributed by atoms with E-state index >= 15 is 0 Å². The Morgan fingerprint density at radius 2 is 2.09 bits per heavy atom. The van der Waals surface area contributed by atoms with Gasteiger partial charge in [0.1, 0.15) is 17.3 Å². The second-order valence-electron chi connectivity index (χ2n) is 5.49. The number of amides is 1. The van der Waals surface area contributed by atoms with Gasteiger partial charge in [-0.05, 0) is 51.4 Å². The Hall–Kier alpha value is -1.98. The molecule has 1 heterocycles. The minimum absolute atomic E-state index is 0.0404. The molecule has 2 aromatic rings. The summed E-state index contributed by atoms with van der Waals surface area (Å²) in [6.07, 6.45) is 0. The summed E-state index contributed by atoms with van der Waals surface area (Å²) in [4.78, 5) is 14.3. The monoisotopic (exact) mass is 336 g/mol. The van der Waals surface area contributed by atoms with Crippen LogP contribution in [0.1, 0.15) is 27.9 Å². The molecular weight excluding hydrogens is 316 g/mol. The summed E-state index contributed by atoms with van der Waals surface area (Å²) in [6.45, 7) is 2.33. The van der Waals surface area contributed by atoms with Gasteiger partial charge in [0.2, 0.25) is 0 Å². The molecule has 1 aromatic carbocycles. The van der Waals surface area contributed by atoms with E-state index < -0.39 is 0 Å². The molecule has 0 bridgehead atoms. The fourth-order valence-electron chi connectivity index (χ4n) is 2.27. The van der Waals surface area contributed by atoms with E-state index in [2.05, 4.69) is 5.32 Å². The van der Waals surface area contributed by atoms with Gasteiger partial charge in [-0.2, -0.15) is 0 Å². The van der Waals surface area contributed by atoms with E-state index in [1.54, 1.807) is 18.2 Å². The summed E-state index contributed by atoms with van der Waals surface area (Å²) in [6, 6.07) is 8.75. The van der Waals surface area contributed by atoms with Crippen molar-refractivity contribution in [1.29, 1.82) is 0 Å². The topological polar surface area (TPSA) is 54.7 Å². The third-order valence-corrected chi connectivity index (χ3v) is 3.88. The van der Waals surface area contributed by atoms with Gasteiger partial charge < -0.3 is 14.5 Å². The van der Waals surface area contributed by atoms with Gasteiger partial charge in [0.05, 0.1) is 18.2 Å². The number of likely N-dealkylation sites (N-methyl/N-ethyl adjacent to an activating group) is 1. The van der Waals surface area contributed by atoms with E-state index in [0.29, 0.717) is 22.9 Å². The van der Waals surface area contributed by atoms with Gasteiger partial charge in [-0.1, -0.05) is 11.6 Å². The molecule has 0 aliphatic rings. The highest BCUT2D eigenvalue weighted by atomic mass is 35.5. The number of halogens is 1. The van der Waals surface area contributed by atoms with E-state index in [1.165, 1.54) is 7.11 Å². The van der Waals surface area contributed by atoms with Gasteiger partial charge in [-0.3, -0.25) is 9.69 Å². The van der Waals surface area contributed by atoms with Crippen LogP contribution in [0.3, 0.4) is 0 Å². The standard InChI is InChI=1S/C17H21ClN2O3/c1-11-5-7-16(23-11)14(20(2)3)10-19-17(21)12-6-8-15(22-4)13(18)9-12/h5-9,14H,10H2,1-4H3,(H,19,21)/t14-/m0/s1. The highest BCUT2D eigenvalue weighted by Crippen LogP contribution is 2.25. The maximum atomic E-state index is 12.3. The first-order valence-corrected chi connectivity index (χ1v) is 7.64. The third kappa shape index (κ3) is 4.27. The molecule has 1 N–H and O–H groups in total. The number of hydrogen-bond acceptors (Lipinski definition) is 4. The second kappa shape index (κ2) is 7.53. The minimum Gasteiger partial charge on any atom is -0.495 e. The Labute approximate surface area is 141 Å². The molecule has 0 unspecified atom stereocenters. The van der Waals surface area contributed by atoms with Crippen molar-refractivity contribution >= 4 is 17.5 Å². The molecule has 0 fully saturated rings. The van der Waals surface area contributed by atoms with Crippen LogP contribution in [0, 0.1) is 6.92 Å². The van der Waals surface area contributed by atoms with Crippen LogP contribution in [0.25, 0.3) is 0 Å². The number of methoxy groups -OCH3 is 1. The molecule has 5 nitrogen and oxygen atoms in total. The van der Waals surface area contributed by atoms with E-state index in [9.17, 15) is 4.79 Å². The largest absolute Gasteiger partial charge is 0.495 e. The molecule has 6 heteroatoms. The quantitative estimate of drug-likeness (QED) is 0.879. The first-order valence-electron chi connectivity index (χ1n) is 7.27. The number of hydrogen-bond donors (Lipinski definition) is 1. The lowest BCUT2D eigenvalue weighted by Gasteiger charge is -2.22. The van der Waals surface area contributed by atoms with Crippen molar-refractivity contribution < 1.29 is 13.9 Å². The van der Waals surface area contributed by atoms with Gasteiger partial charge >= 0.3 is 0 Å². The van der Waals surface area contributed by atoms with Crippen LogP contribution in [-0.2, 0) is 0 Å². The van der Waals surface area contributed by atoms with Crippen molar-refractivity contribution in [1.82, 2.24) is 10.2 Å². The van der Waals surface area contributed by atoms with Crippen LogP contribution < -0.4 is 10.1 Å². The first-order chi connectivity index (χ1) is 10.9. The number of furan rings is 1. The van der Waals surface area contributed by atoms with Crippen LogP contribution >= 0.6 is 11.6 Å². The van der Waals surface area contributed by atoms with E-state index in [4.69, 9.17) is 20.8 Å². The van der Waals surface area contributed by atoms with Crippen LogP contribution in [0.15, 0.2) is 34.7 Å². The fourth-order valence-corrected chi connectivity index (χ4v) is 2.53. The smallest absolute Gasteiger partial charge is 0.251 e. The van der Waals surface area contributed by atoms with Crippen LogP contribution in [0.2, 0.25) is 5.02 Å². The number of nitrogens with one attached hydrogen (secondary N) is 1. The lowest BCUT2D eigenvalue weighted by molar-refractivity contribution is 0.0939. The van der Waals surface area contributed by atoms with Gasteiger partial charge in [0.15, 0.2) is 0 Å². The summed E-state index contributed by atoms with van der Waals surface area (Å²) < 4.78 is 10.8. The molecule has 0 saturated heterocycles. The van der Waals surface area contributed by atoms with Gasteiger partial charge in [0.25, 0.3) is 5.91 Å². The van der Waals surface area contributed by atoms with Crippen molar-refractivity contribution in [3.63, 3.8) is 0 Å². The summed E-state index contributed by atoms with van der Waals surface area (Å²) in [5.74, 6) is 2.02. The first kappa shape index (κ1) is 17.4. The number of benzene rings is 1. The molecule has 1 atom stereocenters. The molecule has 23 heavy (non-hydrogen) atoms. The molecule has 0 saturated carbocycles. The summed E-state index contributed by atoms with van der Waals surface area (Å²) in [7, 11) is 5.42. The molecule has 2 rings (SSSR count). The molecule has 0 spiro atoms. The average molecular weight is 337 g/mol. The maximum Gasteiger partial charge on any atom is 0.251 e. The Morgan fingerprint density at radius 1 is 1.35 bits per heavy atom. The van der Waals surface area contributed by atoms with Gasteiger partial charge in [-0.15, -0.1) is 0 Å². The average Bonchev–Trinajstić information content (AvgIpc) is 2.93. The maximum absolute atomic E-state index is 12.3. The molecule has 1 aromatic heterocycles. The number of carbonyl (C=O) groups is 1. The highest BCUT2D eigenvalue weighted by molar-refractivity contribution is 6.32. The molecule has 0 radical (unpaired) electrons. The van der Waals surface area contributed by atoms with Crippen molar-refractivity contribution in [2.45, 2.75) is 13.0 Å². The normalized spacial score (nSPS) is 12.3. The zero-order chi connectivity index (χ0) is 17.0. The minimum atomic E-state index is -0.190. The Bertz CT molecular complexity index is 682. The number of aryl methyl sites for hydroxylation is 1. The third-order valence-electron chi connectivity index (χ3n) is 3.58. The molecule has 124 valence electrons. The summed E-state index contributed by atoms with van der Waals surface area (Å²) >= 11 is 6.06. The second-order valence-corrected chi connectivity index (χ2v) is 5.89. The number of rotatable bonds is 6. The lowest BCUT2D eigenvalue weighted by atomic mass is 10.1. The predicted octanol–water partition coefficient (Wildman–Crippen LogP) is 3.28. The predicted molar refractivity (Wildman–Crippen MR) is 90.2 cm³/mol. The van der Waals surface area contributed by atoms with Crippen molar-refractivity contribution in [3.8, 4) is 5.75 Å². The zero-order valence-corrected chi connectivity index (χ0v) is 14.5.